The van der Waals surface area contributed by atoms with Crippen LogP contribution in [0.15, 0.2) is 41.3 Å². The van der Waals surface area contributed by atoms with Crippen LogP contribution < -0.4 is 9.46 Å². The highest BCUT2D eigenvalue weighted by molar-refractivity contribution is 7.92. The quantitative estimate of drug-likeness (QED) is 0.837. The van der Waals surface area contributed by atoms with Gasteiger partial charge in [0.2, 0.25) is 0 Å². The maximum atomic E-state index is 12.8. The lowest BCUT2D eigenvalue weighted by Gasteiger charge is -2.17. The highest BCUT2D eigenvalue weighted by Gasteiger charge is 2.21. The Balaban J connectivity index is 2.42. The standard InChI is InChI=1S/C19H25NO3S/c1-6-15-7-9-16(10-8-15)20-24(21,22)19-12-17(13(2)3)18(23-5)11-14(19)4/h7-13,20H,6H2,1-5H3. The summed E-state index contributed by atoms with van der Waals surface area (Å²) in [6, 6.07) is 10.9. The smallest absolute Gasteiger partial charge is 0.262 e. The first-order valence-electron chi connectivity index (χ1n) is 8.08. The fourth-order valence-corrected chi connectivity index (χ4v) is 3.93. The number of ether oxygens (including phenoxy) is 1. The molecule has 24 heavy (non-hydrogen) atoms. The van der Waals surface area contributed by atoms with Crippen molar-refractivity contribution in [2.24, 2.45) is 0 Å². The molecule has 0 saturated carbocycles. The molecule has 2 aromatic rings. The fraction of sp³-hybridized carbons (Fsp3) is 0.368. The predicted molar refractivity (Wildman–Crippen MR) is 98.4 cm³/mol. The summed E-state index contributed by atoms with van der Waals surface area (Å²) in [6.07, 6.45) is 0.919. The van der Waals surface area contributed by atoms with Crippen molar-refractivity contribution in [3.8, 4) is 5.75 Å². The first kappa shape index (κ1) is 18.3. The molecule has 0 aromatic heterocycles. The molecule has 0 heterocycles. The van der Waals surface area contributed by atoms with Crippen molar-refractivity contribution in [1.29, 1.82) is 0 Å². The second-order valence-electron chi connectivity index (χ2n) is 6.17. The molecule has 5 heteroatoms. The van der Waals surface area contributed by atoms with E-state index in [1.165, 1.54) is 5.56 Å². The van der Waals surface area contributed by atoms with Gasteiger partial charge in [0.1, 0.15) is 5.75 Å². The van der Waals surface area contributed by atoms with E-state index in [4.69, 9.17) is 4.74 Å². The molecule has 0 amide bonds. The Morgan fingerprint density at radius 3 is 2.25 bits per heavy atom. The van der Waals surface area contributed by atoms with Crippen LogP contribution in [-0.4, -0.2) is 15.5 Å². The van der Waals surface area contributed by atoms with E-state index in [2.05, 4.69) is 11.6 Å². The number of hydrogen-bond acceptors (Lipinski definition) is 3. The van der Waals surface area contributed by atoms with E-state index in [9.17, 15) is 8.42 Å². The lowest BCUT2D eigenvalue weighted by Crippen LogP contribution is -2.15. The van der Waals surface area contributed by atoms with E-state index in [0.717, 1.165) is 12.0 Å². The number of hydrogen-bond donors (Lipinski definition) is 1. The molecule has 0 aliphatic heterocycles. The second kappa shape index (κ2) is 7.26. The van der Waals surface area contributed by atoms with Crippen LogP contribution in [0, 0.1) is 6.92 Å². The van der Waals surface area contributed by atoms with E-state index in [1.54, 1.807) is 38.3 Å². The number of anilines is 1. The Morgan fingerprint density at radius 2 is 1.75 bits per heavy atom. The van der Waals surface area contributed by atoms with Crippen LogP contribution in [0.5, 0.6) is 5.75 Å². The first-order valence-corrected chi connectivity index (χ1v) is 9.57. The van der Waals surface area contributed by atoms with Crippen LogP contribution in [0.25, 0.3) is 0 Å². The third-order valence-electron chi connectivity index (χ3n) is 4.05. The van der Waals surface area contributed by atoms with Gasteiger partial charge in [-0.3, -0.25) is 4.72 Å². The molecule has 0 aliphatic rings. The summed E-state index contributed by atoms with van der Waals surface area (Å²) in [4.78, 5) is 0.284. The Kier molecular flexibility index (Phi) is 5.54. The van der Waals surface area contributed by atoms with E-state index in [-0.39, 0.29) is 10.8 Å². The van der Waals surface area contributed by atoms with Crippen molar-refractivity contribution in [3.05, 3.63) is 53.1 Å². The largest absolute Gasteiger partial charge is 0.496 e. The predicted octanol–water partition coefficient (Wildman–Crippen LogP) is 4.49. The van der Waals surface area contributed by atoms with Gasteiger partial charge in [0.15, 0.2) is 0 Å². The van der Waals surface area contributed by atoms with Crippen molar-refractivity contribution < 1.29 is 13.2 Å². The molecule has 0 fully saturated rings. The maximum absolute atomic E-state index is 12.8. The van der Waals surface area contributed by atoms with Gasteiger partial charge >= 0.3 is 0 Å². The molecule has 0 unspecified atom stereocenters. The minimum atomic E-state index is -3.65. The fourth-order valence-electron chi connectivity index (χ4n) is 2.61. The Morgan fingerprint density at radius 1 is 1.12 bits per heavy atom. The summed E-state index contributed by atoms with van der Waals surface area (Å²) < 4.78 is 33.6. The topological polar surface area (TPSA) is 55.4 Å². The molecule has 0 spiro atoms. The minimum absolute atomic E-state index is 0.165. The molecule has 0 atom stereocenters. The van der Waals surface area contributed by atoms with E-state index < -0.39 is 10.0 Å². The molecule has 130 valence electrons. The molecule has 4 nitrogen and oxygen atoms in total. The number of sulfonamides is 1. The van der Waals surface area contributed by atoms with Crippen LogP contribution in [-0.2, 0) is 16.4 Å². The van der Waals surface area contributed by atoms with Gasteiger partial charge in [-0.25, -0.2) is 8.42 Å². The van der Waals surface area contributed by atoms with E-state index in [0.29, 0.717) is 17.0 Å². The number of aryl methyl sites for hydroxylation is 2. The van der Waals surface area contributed by atoms with Gasteiger partial charge in [0.05, 0.1) is 12.0 Å². The molecule has 1 N–H and O–H groups in total. The Hall–Kier alpha value is -2.01. The van der Waals surface area contributed by atoms with Crippen LogP contribution in [0.1, 0.15) is 43.4 Å². The average molecular weight is 347 g/mol. The number of rotatable bonds is 6. The second-order valence-corrected chi connectivity index (χ2v) is 7.82. The van der Waals surface area contributed by atoms with Gasteiger partial charge in [0.25, 0.3) is 10.0 Å². The van der Waals surface area contributed by atoms with Crippen LogP contribution >= 0.6 is 0 Å². The zero-order valence-electron chi connectivity index (χ0n) is 14.9. The number of nitrogens with one attached hydrogen (secondary N) is 1. The normalized spacial score (nSPS) is 11.6. The van der Waals surface area contributed by atoms with Crippen molar-refractivity contribution in [1.82, 2.24) is 0 Å². The highest BCUT2D eigenvalue weighted by atomic mass is 32.2. The van der Waals surface area contributed by atoms with Crippen molar-refractivity contribution in [3.63, 3.8) is 0 Å². The number of benzene rings is 2. The molecular formula is C19H25NO3S. The monoisotopic (exact) mass is 347 g/mol. The van der Waals surface area contributed by atoms with Crippen LogP contribution in [0.3, 0.4) is 0 Å². The maximum Gasteiger partial charge on any atom is 0.262 e. The highest BCUT2D eigenvalue weighted by Crippen LogP contribution is 2.32. The Bertz CT molecular complexity index is 809. The summed E-state index contributed by atoms with van der Waals surface area (Å²) in [7, 11) is -2.05. The zero-order chi connectivity index (χ0) is 17.9. The van der Waals surface area contributed by atoms with Crippen molar-refractivity contribution in [2.75, 3.05) is 11.8 Å². The molecule has 0 saturated heterocycles. The molecule has 0 bridgehead atoms. The lowest BCUT2D eigenvalue weighted by molar-refractivity contribution is 0.406. The van der Waals surface area contributed by atoms with Gasteiger partial charge in [-0.05, 0) is 60.2 Å². The van der Waals surface area contributed by atoms with Crippen molar-refractivity contribution >= 4 is 15.7 Å². The summed E-state index contributed by atoms with van der Waals surface area (Å²) in [5.41, 5.74) is 3.27. The average Bonchev–Trinajstić information content (AvgIpc) is 2.54. The van der Waals surface area contributed by atoms with Gasteiger partial charge in [-0.1, -0.05) is 32.9 Å². The van der Waals surface area contributed by atoms with Gasteiger partial charge in [-0.15, -0.1) is 0 Å². The van der Waals surface area contributed by atoms with Gasteiger partial charge in [0, 0.05) is 5.69 Å². The zero-order valence-corrected chi connectivity index (χ0v) is 15.7. The third-order valence-corrected chi connectivity index (χ3v) is 5.58. The summed E-state index contributed by atoms with van der Waals surface area (Å²) in [6.45, 7) is 7.87. The van der Waals surface area contributed by atoms with Gasteiger partial charge in [-0.2, -0.15) is 0 Å². The van der Waals surface area contributed by atoms with E-state index in [1.807, 2.05) is 26.0 Å². The first-order chi connectivity index (χ1) is 11.3. The summed E-state index contributed by atoms with van der Waals surface area (Å²) >= 11 is 0. The molecule has 0 aliphatic carbocycles. The number of methoxy groups -OCH3 is 1. The summed E-state index contributed by atoms with van der Waals surface area (Å²) in [5, 5.41) is 0. The lowest BCUT2D eigenvalue weighted by atomic mass is 10.0. The van der Waals surface area contributed by atoms with Crippen molar-refractivity contribution in [2.45, 2.75) is 44.9 Å². The SMILES string of the molecule is CCc1ccc(NS(=O)(=O)c2cc(C(C)C)c(OC)cc2C)cc1. The third kappa shape index (κ3) is 3.90. The van der Waals surface area contributed by atoms with E-state index >= 15 is 0 Å². The van der Waals surface area contributed by atoms with Crippen LogP contribution in [0.4, 0.5) is 5.69 Å². The minimum Gasteiger partial charge on any atom is -0.496 e. The summed E-state index contributed by atoms with van der Waals surface area (Å²) in [5.74, 6) is 0.882. The molecule has 2 rings (SSSR count). The van der Waals surface area contributed by atoms with Gasteiger partial charge < -0.3 is 4.74 Å². The van der Waals surface area contributed by atoms with Crippen LogP contribution in [0.2, 0.25) is 0 Å². The molecule has 2 aromatic carbocycles. The molecular weight excluding hydrogens is 322 g/mol. The molecule has 0 radical (unpaired) electrons. The Labute approximate surface area is 144 Å².